The molecule has 0 aliphatic heterocycles. The Hall–Kier alpha value is -0.870. The number of halogens is 1. The van der Waals surface area contributed by atoms with Crippen molar-refractivity contribution in [3.8, 4) is 0 Å². The minimum absolute atomic E-state index is 0.156. The van der Waals surface area contributed by atoms with Crippen LogP contribution in [-0.4, -0.2) is 19.4 Å². The van der Waals surface area contributed by atoms with Gasteiger partial charge < -0.3 is 0 Å². The van der Waals surface area contributed by atoms with Crippen LogP contribution in [0.5, 0.6) is 0 Å². The number of aryl methyl sites for hydroxylation is 3. The maximum absolute atomic E-state index is 12.1. The maximum atomic E-state index is 12.1. The van der Waals surface area contributed by atoms with E-state index < -0.39 is 15.1 Å². The fraction of sp³-hybridized carbons (Fsp3) is 0.417. The number of carbonyl (C=O) groups is 1. The van der Waals surface area contributed by atoms with Gasteiger partial charge in [0.05, 0.1) is 10.6 Å². The number of carbonyl (C=O) groups excluding carboxylic acids is 1. The van der Waals surface area contributed by atoms with Gasteiger partial charge in [-0.05, 0) is 43.5 Å². The number of hydrogen-bond acceptors (Lipinski definition) is 3. The van der Waals surface area contributed by atoms with E-state index in [0.29, 0.717) is 16.0 Å². The lowest BCUT2D eigenvalue weighted by atomic mass is 10.1. The van der Waals surface area contributed by atoms with Crippen LogP contribution < -0.4 is 0 Å². The summed E-state index contributed by atoms with van der Waals surface area (Å²) in [5.74, 6) is -0.236. The van der Waals surface area contributed by atoms with Crippen LogP contribution in [0.2, 0.25) is 0 Å². The monoisotopic (exact) mass is 274 g/mol. The van der Waals surface area contributed by atoms with Crippen LogP contribution >= 0.6 is 11.6 Å². The average molecular weight is 275 g/mol. The van der Waals surface area contributed by atoms with Crippen molar-refractivity contribution >= 4 is 26.7 Å². The van der Waals surface area contributed by atoms with E-state index >= 15 is 0 Å². The summed E-state index contributed by atoms with van der Waals surface area (Å²) in [6, 6.07) is 3.64. The number of benzene rings is 1. The average Bonchev–Trinajstić information content (AvgIpc) is 2.12. The number of rotatable bonds is 4. The normalized spacial score (nSPS) is 11.5. The fourth-order valence-electron chi connectivity index (χ4n) is 1.97. The van der Waals surface area contributed by atoms with Gasteiger partial charge in [0.1, 0.15) is 0 Å². The summed E-state index contributed by atoms with van der Waals surface area (Å²) in [6.07, 6.45) is -0.156. The molecule has 0 aliphatic carbocycles. The molecule has 0 aliphatic rings. The van der Waals surface area contributed by atoms with E-state index in [1.165, 1.54) is 0 Å². The molecule has 0 bridgehead atoms. The van der Waals surface area contributed by atoms with Gasteiger partial charge in [0.25, 0.3) is 0 Å². The Kier molecular flexibility index (Phi) is 4.33. The smallest absolute Gasteiger partial charge is 0.222 e. The van der Waals surface area contributed by atoms with Crippen molar-refractivity contribution in [2.24, 2.45) is 0 Å². The van der Waals surface area contributed by atoms with Gasteiger partial charge in [0, 0.05) is 6.42 Å². The molecule has 0 heterocycles. The summed E-state index contributed by atoms with van der Waals surface area (Å²) in [5.41, 5.74) is 2.45. The maximum Gasteiger partial charge on any atom is 0.222 e. The Bertz CT molecular complexity index is 524. The first kappa shape index (κ1) is 14.2. The lowest BCUT2D eigenvalue weighted by Gasteiger charge is -2.11. The molecule has 94 valence electrons. The quantitative estimate of drug-likeness (QED) is 0.793. The third-order valence-corrected chi connectivity index (χ3v) is 4.68. The first-order chi connectivity index (χ1) is 7.74. The van der Waals surface area contributed by atoms with Crippen molar-refractivity contribution < 1.29 is 13.2 Å². The van der Waals surface area contributed by atoms with Crippen molar-refractivity contribution in [3.63, 3.8) is 0 Å². The molecule has 1 aromatic carbocycles. The molecule has 0 saturated carbocycles. The third kappa shape index (κ3) is 3.54. The van der Waals surface area contributed by atoms with Crippen molar-refractivity contribution in [2.45, 2.75) is 32.1 Å². The van der Waals surface area contributed by atoms with Crippen molar-refractivity contribution in [3.05, 3.63) is 28.8 Å². The molecule has 0 atom stereocenters. The minimum atomic E-state index is -3.44. The summed E-state index contributed by atoms with van der Waals surface area (Å²) in [4.78, 5) is 11.0. The molecule has 0 saturated heterocycles. The van der Waals surface area contributed by atoms with Crippen molar-refractivity contribution in [2.75, 3.05) is 5.75 Å². The van der Waals surface area contributed by atoms with Crippen molar-refractivity contribution in [1.82, 2.24) is 0 Å². The van der Waals surface area contributed by atoms with Gasteiger partial charge in [-0.2, -0.15) is 0 Å². The van der Waals surface area contributed by atoms with Gasteiger partial charge in [0.15, 0.2) is 9.84 Å². The van der Waals surface area contributed by atoms with E-state index in [2.05, 4.69) is 0 Å². The predicted octanol–water partition coefficient (Wildman–Crippen LogP) is 2.54. The van der Waals surface area contributed by atoms with Crippen LogP contribution in [0.4, 0.5) is 0 Å². The number of hydrogen-bond donors (Lipinski definition) is 0. The Morgan fingerprint density at radius 2 is 1.65 bits per heavy atom. The van der Waals surface area contributed by atoms with Crippen LogP contribution in [0, 0.1) is 20.8 Å². The zero-order valence-electron chi connectivity index (χ0n) is 10.1. The Morgan fingerprint density at radius 1 is 1.18 bits per heavy atom. The molecule has 0 aromatic heterocycles. The van der Waals surface area contributed by atoms with Crippen LogP contribution in [0.25, 0.3) is 0 Å². The van der Waals surface area contributed by atoms with Gasteiger partial charge in [-0.1, -0.05) is 17.7 Å². The molecule has 0 fully saturated rings. The van der Waals surface area contributed by atoms with Crippen LogP contribution in [-0.2, 0) is 14.6 Å². The first-order valence-electron chi connectivity index (χ1n) is 5.23. The molecule has 17 heavy (non-hydrogen) atoms. The molecule has 0 unspecified atom stereocenters. The van der Waals surface area contributed by atoms with Gasteiger partial charge in [-0.25, -0.2) is 8.42 Å². The van der Waals surface area contributed by atoms with Crippen LogP contribution in [0.3, 0.4) is 0 Å². The summed E-state index contributed by atoms with van der Waals surface area (Å²) in [5, 5.41) is -0.629. The molecule has 0 radical (unpaired) electrons. The highest BCUT2D eigenvalue weighted by molar-refractivity contribution is 7.91. The summed E-state index contributed by atoms with van der Waals surface area (Å²) < 4.78 is 24.2. The van der Waals surface area contributed by atoms with E-state index in [1.807, 2.05) is 19.1 Å². The standard InChI is InChI=1S/C12H15ClO3S/c1-8-6-9(2)12(10(3)7-8)17(15,16)5-4-11(13)14/h6-7H,4-5H2,1-3H3. The largest absolute Gasteiger partial charge is 0.281 e. The third-order valence-electron chi connectivity index (χ3n) is 2.48. The predicted molar refractivity (Wildman–Crippen MR) is 68.2 cm³/mol. The second-order valence-corrected chi connectivity index (χ2v) is 6.62. The molecule has 1 aromatic rings. The molecule has 1 rings (SSSR count). The van der Waals surface area contributed by atoms with Gasteiger partial charge in [0.2, 0.25) is 5.24 Å². The van der Waals surface area contributed by atoms with Crippen LogP contribution in [0.1, 0.15) is 23.1 Å². The molecule has 3 nitrogen and oxygen atoms in total. The topological polar surface area (TPSA) is 51.2 Å². The highest BCUT2D eigenvalue weighted by atomic mass is 35.5. The lowest BCUT2D eigenvalue weighted by molar-refractivity contribution is -0.111. The van der Waals surface area contributed by atoms with E-state index in [1.54, 1.807) is 13.8 Å². The SMILES string of the molecule is Cc1cc(C)c(S(=O)(=O)CCC(=O)Cl)c(C)c1. The fourth-order valence-corrected chi connectivity index (χ4v) is 3.94. The summed E-state index contributed by atoms with van der Waals surface area (Å²) in [7, 11) is -3.44. The summed E-state index contributed by atoms with van der Waals surface area (Å²) in [6.45, 7) is 5.43. The van der Waals surface area contributed by atoms with E-state index in [9.17, 15) is 13.2 Å². The molecular formula is C12H15ClO3S. The molecule has 0 amide bonds. The van der Waals surface area contributed by atoms with E-state index in [4.69, 9.17) is 11.6 Å². The highest BCUT2D eigenvalue weighted by Crippen LogP contribution is 2.23. The highest BCUT2D eigenvalue weighted by Gasteiger charge is 2.20. The molecule has 0 spiro atoms. The molecule has 5 heteroatoms. The van der Waals surface area contributed by atoms with Gasteiger partial charge >= 0.3 is 0 Å². The van der Waals surface area contributed by atoms with Crippen LogP contribution in [0.15, 0.2) is 17.0 Å². The first-order valence-corrected chi connectivity index (χ1v) is 7.26. The zero-order valence-corrected chi connectivity index (χ0v) is 11.7. The Balaban J connectivity index is 3.20. The zero-order chi connectivity index (χ0) is 13.2. The molecular weight excluding hydrogens is 260 g/mol. The second-order valence-electron chi connectivity index (χ2n) is 4.15. The second kappa shape index (κ2) is 5.19. The van der Waals surface area contributed by atoms with Gasteiger partial charge in [-0.3, -0.25) is 4.79 Å². The number of sulfone groups is 1. The molecule has 0 N–H and O–H groups in total. The van der Waals surface area contributed by atoms with E-state index in [0.717, 1.165) is 5.56 Å². The Labute approximate surface area is 107 Å². The minimum Gasteiger partial charge on any atom is -0.281 e. The lowest BCUT2D eigenvalue weighted by Crippen LogP contribution is -2.12. The Morgan fingerprint density at radius 3 is 2.06 bits per heavy atom. The van der Waals surface area contributed by atoms with Crippen molar-refractivity contribution in [1.29, 1.82) is 0 Å². The summed E-state index contributed by atoms with van der Waals surface area (Å²) >= 11 is 5.17. The van der Waals surface area contributed by atoms with Gasteiger partial charge in [-0.15, -0.1) is 0 Å². The van der Waals surface area contributed by atoms with E-state index in [-0.39, 0.29) is 12.2 Å².